The molecule has 1 aliphatic rings. The monoisotopic (exact) mass is 265 g/mol. The van der Waals surface area contributed by atoms with Crippen LogP contribution in [-0.4, -0.2) is 14.6 Å². The molecule has 17 heavy (non-hydrogen) atoms. The van der Waals surface area contributed by atoms with E-state index >= 15 is 0 Å². The fraction of sp³-hybridized carbons (Fsp3) is 0.400. The SMILES string of the molecule is NS(=O)(=O)c1ccc(C2(C(F)(F)F)CC2)cc1. The summed E-state index contributed by atoms with van der Waals surface area (Å²) in [5.41, 5.74) is -1.69. The Hall–Kier alpha value is -1.08. The first kappa shape index (κ1) is 12.4. The molecule has 0 amide bonds. The van der Waals surface area contributed by atoms with Crippen LogP contribution < -0.4 is 5.14 Å². The van der Waals surface area contributed by atoms with E-state index in [9.17, 15) is 21.6 Å². The third kappa shape index (κ3) is 2.04. The topological polar surface area (TPSA) is 60.2 Å². The van der Waals surface area contributed by atoms with Crippen LogP contribution in [-0.2, 0) is 15.4 Å². The molecule has 0 unspecified atom stereocenters. The molecule has 0 spiro atoms. The van der Waals surface area contributed by atoms with Crippen molar-refractivity contribution in [3.8, 4) is 0 Å². The molecular formula is C10H10F3NO2S. The molecule has 2 rings (SSSR count). The Bertz CT molecular complexity index is 530. The van der Waals surface area contributed by atoms with E-state index in [1.54, 1.807) is 0 Å². The second kappa shape index (κ2) is 3.46. The van der Waals surface area contributed by atoms with Gasteiger partial charge in [0.1, 0.15) is 0 Å². The molecule has 1 fully saturated rings. The van der Waals surface area contributed by atoms with E-state index in [1.807, 2.05) is 0 Å². The Kier molecular flexibility index (Phi) is 2.52. The van der Waals surface area contributed by atoms with Crippen LogP contribution in [0.4, 0.5) is 13.2 Å². The minimum Gasteiger partial charge on any atom is -0.225 e. The van der Waals surface area contributed by atoms with E-state index in [1.165, 1.54) is 12.1 Å². The molecule has 1 aromatic rings. The number of hydrogen-bond donors (Lipinski definition) is 1. The summed E-state index contributed by atoms with van der Waals surface area (Å²) in [5.74, 6) is 0. The predicted molar refractivity (Wildman–Crippen MR) is 54.8 cm³/mol. The fourth-order valence-electron chi connectivity index (χ4n) is 1.82. The minimum atomic E-state index is -4.30. The van der Waals surface area contributed by atoms with E-state index in [4.69, 9.17) is 5.14 Å². The molecule has 0 aliphatic heterocycles. The van der Waals surface area contributed by atoms with Crippen molar-refractivity contribution in [2.24, 2.45) is 5.14 Å². The molecule has 0 saturated heterocycles. The minimum absolute atomic E-state index is 0.0468. The van der Waals surface area contributed by atoms with E-state index in [0.29, 0.717) is 0 Å². The molecule has 94 valence electrons. The number of nitrogens with two attached hydrogens (primary N) is 1. The van der Waals surface area contributed by atoms with Gasteiger partial charge < -0.3 is 0 Å². The Balaban J connectivity index is 2.38. The zero-order chi connectivity index (χ0) is 12.9. The van der Waals surface area contributed by atoms with Crippen LogP contribution in [0.25, 0.3) is 0 Å². The van der Waals surface area contributed by atoms with Crippen molar-refractivity contribution < 1.29 is 21.6 Å². The van der Waals surface area contributed by atoms with Gasteiger partial charge in [-0.3, -0.25) is 0 Å². The van der Waals surface area contributed by atoms with Crippen LogP contribution in [0.15, 0.2) is 29.2 Å². The number of alkyl halides is 3. The maximum atomic E-state index is 12.8. The Morgan fingerprint density at radius 3 is 1.88 bits per heavy atom. The van der Waals surface area contributed by atoms with Gasteiger partial charge in [0.15, 0.2) is 0 Å². The first-order valence-corrected chi connectivity index (χ1v) is 6.41. The van der Waals surface area contributed by atoms with E-state index in [0.717, 1.165) is 12.1 Å². The van der Waals surface area contributed by atoms with Crippen LogP contribution in [0, 0.1) is 0 Å². The van der Waals surface area contributed by atoms with Gasteiger partial charge in [0.25, 0.3) is 0 Å². The van der Waals surface area contributed by atoms with Gasteiger partial charge in [-0.2, -0.15) is 13.2 Å². The van der Waals surface area contributed by atoms with Gasteiger partial charge in [-0.25, -0.2) is 13.6 Å². The molecule has 0 atom stereocenters. The largest absolute Gasteiger partial charge is 0.398 e. The van der Waals surface area contributed by atoms with Crippen LogP contribution >= 0.6 is 0 Å². The highest BCUT2D eigenvalue weighted by atomic mass is 32.2. The molecule has 1 aliphatic carbocycles. The van der Waals surface area contributed by atoms with Crippen molar-refractivity contribution in [1.29, 1.82) is 0 Å². The molecule has 1 aromatic carbocycles. The molecule has 1 saturated carbocycles. The van der Waals surface area contributed by atoms with Crippen molar-refractivity contribution in [1.82, 2.24) is 0 Å². The third-order valence-corrected chi connectivity index (χ3v) is 3.96. The number of primary sulfonamides is 1. The van der Waals surface area contributed by atoms with Crippen molar-refractivity contribution in [2.75, 3.05) is 0 Å². The van der Waals surface area contributed by atoms with Crippen LogP contribution in [0.2, 0.25) is 0 Å². The summed E-state index contributed by atoms with van der Waals surface area (Å²) < 4.78 is 60.2. The summed E-state index contributed by atoms with van der Waals surface area (Å²) in [6, 6.07) is 4.58. The van der Waals surface area contributed by atoms with Gasteiger partial charge in [0, 0.05) is 0 Å². The molecule has 0 radical (unpaired) electrons. The molecule has 0 heterocycles. The van der Waals surface area contributed by atoms with Crippen LogP contribution in [0.1, 0.15) is 18.4 Å². The average Bonchev–Trinajstić information content (AvgIpc) is 2.96. The zero-order valence-electron chi connectivity index (χ0n) is 8.66. The smallest absolute Gasteiger partial charge is 0.225 e. The van der Waals surface area contributed by atoms with Crippen molar-refractivity contribution >= 4 is 10.0 Å². The maximum absolute atomic E-state index is 12.8. The average molecular weight is 265 g/mol. The van der Waals surface area contributed by atoms with Crippen LogP contribution in [0.5, 0.6) is 0 Å². The van der Waals surface area contributed by atoms with E-state index in [2.05, 4.69) is 0 Å². The molecular weight excluding hydrogens is 255 g/mol. The van der Waals surface area contributed by atoms with Gasteiger partial charge in [-0.15, -0.1) is 0 Å². The second-order valence-corrected chi connectivity index (χ2v) is 5.71. The fourth-order valence-corrected chi connectivity index (χ4v) is 2.34. The number of halogens is 3. The number of sulfonamides is 1. The Labute approximate surface area is 96.5 Å². The lowest BCUT2D eigenvalue weighted by Gasteiger charge is -2.19. The molecule has 3 nitrogen and oxygen atoms in total. The highest BCUT2D eigenvalue weighted by Gasteiger charge is 2.64. The molecule has 2 N–H and O–H groups in total. The van der Waals surface area contributed by atoms with E-state index < -0.39 is 21.6 Å². The lowest BCUT2D eigenvalue weighted by molar-refractivity contribution is -0.160. The number of rotatable bonds is 2. The van der Waals surface area contributed by atoms with Gasteiger partial charge in [-0.1, -0.05) is 12.1 Å². The van der Waals surface area contributed by atoms with Crippen LogP contribution in [0.3, 0.4) is 0 Å². The maximum Gasteiger partial charge on any atom is 0.398 e. The normalized spacial score (nSPS) is 19.1. The van der Waals surface area contributed by atoms with Crippen molar-refractivity contribution in [2.45, 2.75) is 29.3 Å². The molecule has 0 bridgehead atoms. The van der Waals surface area contributed by atoms with Gasteiger partial charge in [-0.05, 0) is 30.5 Å². The van der Waals surface area contributed by atoms with Gasteiger partial charge in [0.05, 0.1) is 10.3 Å². The lowest BCUT2D eigenvalue weighted by atomic mass is 9.95. The summed E-state index contributed by atoms with van der Waals surface area (Å²) in [6.45, 7) is 0. The third-order valence-electron chi connectivity index (χ3n) is 3.03. The molecule has 7 heteroatoms. The van der Waals surface area contributed by atoms with Crippen molar-refractivity contribution in [3.05, 3.63) is 29.8 Å². The summed E-state index contributed by atoms with van der Waals surface area (Å²) >= 11 is 0. The number of benzene rings is 1. The summed E-state index contributed by atoms with van der Waals surface area (Å²) in [7, 11) is -3.86. The standard InChI is InChI=1S/C10H10F3NO2S/c11-10(12,13)9(5-6-9)7-1-3-8(4-2-7)17(14,15)16/h1-4H,5-6H2,(H2,14,15,16). The zero-order valence-corrected chi connectivity index (χ0v) is 9.48. The summed E-state index contributed by atoms with van der Waals surface area (Å²) in [5, 5.41) is 4.87. The van der Waals surface area contributed by atoms with E-state index in [-0.39, 0.29) is 23.3 Å². The highest BCUT2D eigenvalue weighted by Crippen LogP contribution is 2.58. The first-order chi connectivity index (χ1) is 7.67. The quantitative estimate of drug-likeness (QED) is 0.888. The summed E-state index contributed by atoms with van der Waals surface area (Å²) in [4.78, 5) is -0.181. The van der Waals surface area contributed by atoms with Gasteiger partial charge >= 0.3 is 6.18 Å². The highest BCUT2D eigenvalue weighted by molar-refractivity contribution is 7.89. The first-order valence-electron chi connectivity index (χ1n) is 4.87. The Morgan fingerprint density at radius 2 is 1.59 bits per heavy atom. The molecule has 0 aromatic heterocycles. The van der Waals surface area contributed by atoms with Crippen molar-refractivity contribution in [3.63, 3.8) is 0 Å². The number of hydrogen-bond acceptors (Lipinski definition) is 2. The Morgan fingerprint density at radius 1 is 1.12 bits per heavy atom. The summed E-state index contributed by atoms with van der Waals surface area (Å²) in [6.07, 6.45) is -4.20. The lowest BCUT2D eigenvalue weighted by Crippen LogP contribution is -2.28. The van der Waals surface area contributed by atoms with Gasteiger partial charge in [0.2, 0.25) is 10.0 Å². The predicted octanol–water partition coefficient (Wildman–Crippen LogP) is 1.93. The second-order valence-electron chi connectivity index (χ2n) is 4.15.